The molecule has 0 bridgehead atoms. The number of likely N-dealkylation sites (N-methyl/N-ethyl adjacent to an activating group) is 1. The van der Waals surface area contributed by atoms with E-state index in [-0.39, 0.29) is 0 Å². The molecule has 0 amide bonds. The van der Waals surface area contributed by atoms with Crippen molar-refractivity contribution in [2.45, 2.75) is 39.0 Å². The standard InChI is InChI=1S/C9H19NO.CHF3/c1-3-4-5-9-8-10(2)6-7-11-9;2-1(3)4/h9H,3-8H2,1-2H3;1H. The van der Waals surface area contributed by atoms with Crippen LogP contribution in [0.3, 0.4) is 0 Å². The number of nitrogens with zero attached hydrogens (tertiary/aromatic N) is 1. The first kappa shape index (κ1) is 14.7. The molecule has 2 nitrogen and oxygen atoms in total. The number of morpholine rings is 1. The summed E-state index contributed by atoms with van der Waals surface area (Å²) < 4.78 is 34.6. The van der Waals surface area contributed by atoms with Crippen LogP contribution in [0.5, 0.6) is 0 Å². The molecule has 0 aromatic heterocycles. The van der Waals surface area contributed by atoms with Gasteiger partial charge in [0.2, 0.25) is 0 Å². The second-order valence-electron chi connectivity index (χ2n) is 3.64. The van der Waals surface area contributed by atoms with Crippen molar-refractivity contribution in [3.8, 4) is 0 Å². The van der Waals surface area contributed by atoms with Gasteiger partial charge in [-0.25, -0.2) is 0 Å². The molecule has 0 N–H and O–H groups in total. The van der Waals surface area contributed by atoms with E-state index >= 15 is 0 Å². The second kappa shape index (κ2) is 8.97. The average Bonchev–Trinajstić information content (AvgIpc) is 2.14. The smallest absolute Gasteiger partial charge is 0.376 e. The molecule has 1 saturated heterocycles. The summed E-state index contributed by atoms with van der Waals surface area (Å²) in [4.78, 5) is 2.35. The highest BCUT2D eigenvalue weighted by Crippen LogP contribution is 2.09. The molecule has 0 aromatic carbocycles. The SMILES string of the molecule is CCCCC1CN(C)CCO1.FC(F)F. The molecule has 0 aliphatic carbocycles. The molecule has 1 unspecified atom stereocenters. The molecule has 15 heavy (non-hydrogen) atoms. The van der Waals surface area contributed by atoms with Gasteiger partial charge in [0.25, 0.3) is 0 Å². The first-order valence-electron chi connectivity index (χ1n) is 5.28. The third kappa shape index (κ3) is 10.0. The highest BCUT2D eigenvalue weighted by molar-refractivity contribution is 4.68. The molecule has 0 saturated carbocycles. The highest BCUT2D eigenvalue weighted by Gasteiger charge is 2.16. The molecule has 1 aliphatic heterocycles. The number of unbranched alkanes of at least 4 members (excludes halogenated alkanes) is 1. The van der Waals surface area contributed by atoms with E-state index in [0.29, 0.717) is 6.10 Å². The van der Waals surface area contributed by atoms with Gasteiger partial charge >= 0.3 is 6.68 Å². The minimum atomic E-state index is -3.67. The molecule has 92 valence electrons. The Morgan fingerprint density at radius 2 is 2.00 bits per heavy atom. The fourth-order valence-corrected chi connectivity index (χ4v) is 1.47. The quantitative estimate of drug-likeness (QED) is 0.735. The zero-order chi connectivity index (χ0) is 11.7. The van der Waals surface area contributed by atoms with E-state index in [1.807, 2.05) is 0 Å². The molecule has 1 atom stereocenters. The van der Waals surface area contributed by atoms with E-state index in [9.17, 15) is 13.2 Å². The summed E-state index contributed by atoms with van der Waals surface area (Å²) in [6.07, 6.45) is 4.33. The van der Waals surface area contributed by atoms with E-state index in [0.717, 1.165) is 19.7 Å². The van der Waals surface area contributed by atoms with E-state index in [1.165, 1.54) is 19.3 Å². The third-order valence-electron chi connectivity index (χ3n) is 2.22. The summed E-state index contributed by atoms with van der Waals surface area (Å²) in [6, 6.07) is 0. The summed E-state index contributed by atoms with van der Waals surface area (Å²) >= 11 is 0. The lowest BCUT2D eigenvalue weighted by Crippen LogP contribution is -2.39. The van der Waals surface area contributed by atoms with Crippen molar-refractivity contribution in [1.29, 1.82) is 0 Å². The Kier molecular flexibility index (Phi) is 8.80. The lowest BCUT2D eigenvalue weighted by molar-refractivity contribution is -0.0240. The summed E-state index contributed by atoms with van der Waals surface area (Å²) in [5.74, 6) is 0. The lowest BCUT2D eigenvalue weighted by atomic mass is 10.1. The number of hydrogen-bond acceptors (Lipinski definition) is 2. The summed E-state index contributed by atoms with van der Waals surface area (Å²) in [6.45, 7) is 1.71. The third-order valence-corrected chi connectivity index (χ3v) is 2.22. The Labute approximate surface area is 89.4 Å². The van der Waals surface area contributed by atoms with E-state index in [4.69, 9.17) is 4.74 Å². The minimum Gasteiger partial charge on any atom is -0.376 e. The zero-order valence-corrected chi connectivity index (χ0v) is 9.39. The van der Waals surface area contributed by atoms with Crippen molar-refractivity contribution in [2.75, 3.05) is 26.7 Å². The fraction of sp³-hybridized carbons (Fsp3) is 1.00. The molecule has 1 rings (SSSR count). The van der Waals surface area contributed by atoms with Crippen LogP contribution in [0.1, 0.15) is 26.2 Å². The Balaban J connectivity index is 0.000000423. The van der Waals surface area contributed by atoms with Gasteiger partial charge in [-0.15, -0.1) is 0 Å². The monoisotopic (exact) mass is 227 g/mol. The molecule has 0 spiro atoms. The Morgan fingerprint density at radius 3 is 2.47 bits per heavy atom. The summed E-state index contributed by atoms with van der Waals surface area (Å²) in [5, 5.41) is 0. The molecule has 1 aliphatic rings. The number of hydrogen-bond donors (Lipinski definition) is 0. The predicted octanol–water partition coefficient (Wildman–Crippen LogP) is 2.69. The van der Waals surface area contributed by atoms with Gasteiger partial charge in [-0.05, 0) is 13.5 Å². The van der Waals surface area contributed by atoms with Crippen LogP contribution in [-0.2, 0) is 4.74 Å². The van der Waals surface area contributed by atoms with Gasteiger partial charge in [-0.1, -0.05) is 19.8 Å². The van der Waals surface area contributed by atoms with Crippen molar-refractivity contribution in [3.63, 3.8) is 0 Å². The molecule has 0 aromatic rings. The maximum Gasteiger partial charge on any atom is 0.379 e. The maximum absolute atomic E-state index is 9.67. The van der Waals surface area contributed by atoms with Gasteiger partial charge in [0.05, 0.1) is 12.7 Å². The van der Waals surface area contributed by atoms with Gasteiger partial charge in [0.15, 0.2) is 0 Å². The van der Waals surface area contributed by atoms with Crippen LogP contribution in [0, 0.1) is 0 Å². The maximum atomic E-state index is 9.67. The minimum absolute atomic E-state index is 0.508. The first-order chi connectivity index (χ1) is 7.06. The normalized spacial score (nSPS) is 22.4. The van der Waals surface area contributed by atoms with E-state index < -0.39 is 6.68 Å². The van der Waals surface area contributed by atoms with Crippen molar-refractivity contribution < 1.29 is 17.9 Å². The van der Waals surface area contributed by atoms with Crippen molar-refractivity contribution in [2.24, 2.45) is 0 Å². The molecular formula is C10H20F3NO. The summed E-state index contributed by atoms with van der Waals surface area (Å²) in [7, 11) is 2.17. The number of alkyl halides is 3. The van der Waals surface area contributed by atoms with E-state index in [2.05, 4.69) is 18.9 Å². The van der Waals surface area contributed by atoms with Crippen LogP contribution in [0.15, 0.2) is 0 Å². The average molecular weight is 227 g/mol. The second-order valence-corrected chi connectivity index (χ2v) is 3.64. The van der Waals surface area contributed by atoms with Crippen LogP contribution < -0.4 is 0 Å². The van der Waals surface area contributed by atoms with Crippen molar-refractivity contribution in [3.05, 3.63) is 0 Å². The van der Waals surface area contributed by atoms with Crippen LogP contribution in [0.25, 0.3) is 0 Å². The number of ether oxygens (including phenoxy) is 1. The molecule has 5 heteroatoms. The predicted molar refractivity (Wildman–Crippen MR) is 53.9 cm³/mol. The Morgan fingerprint density at radius 1 is 1.40 bits per heavy atom. The summed E-state index contributed by atoms with van der Waals surface area (Å²) in [5.41, 5.74) is 0. The van der Waals surface area contributed by atoms with Gasteiger partial charge in [0.1, 0.15) is 0 Å². The Bertz CT molecular complexity index is 144. The number of rotatable bonds is 3. The van der Waals surface area contributed by atoms with Crippen molar-refractivity contribution >= 4 is 0 Å². The number of halogens is 3. The zero-order valence-electron chi connectivity index (χ0n) is 9.39. The van der Waals surface area contributed by atoms with E-state index in [1.54, 1.807) is 0 Å². The van der Waals surface area contributed by atoms with Gasteiger partial charge < -0.3 is 9.64 Å². The molecule has 1 heterocycles. The van der Waals surface area contributed by atoms with Crippen LogP contribution in [-0.4, -0.2) is 44.4 Å². The molecular weight excluding hydrogens is 207 g/mol. The van der Waals surface area contributed by atoms with Crippen LogP contribution in [0.2, 0.25) is 0 Å². The molecule has 1 fully saturated rings. The van der Waals surface area contributed by atoms with Gasteiger partial charge in [-0.3, -0.25) is 0 Å². The largest absolute Gasteiger partial charge is 0.379 e. The van der Waals surface area contributed by atoms with Gasteiger partial charge in [0, 0.05) is 13.1 Å². The highest BCUT2D eigenvalue weighted by atomic mass is 19.4. The van der Waals surface area contributed by atoms with Gasteiger partial charge in [-0.2, -0.15) is 13.2 Å². The molecule has 0 radical (unpaired) electrons. The topological polar surface area (TPSA) is 12.5 Å². The van der Waals surface area contributed by atoms with Crippen molar-refractivity contribution in [1.82, 2.24) is 4.90 Å². The van der Waals surface area contributed by atoms with Crippen LogP contribution in [0.4, 0.5) is 13.2 Å². The fourth-order valence-electron chi connectivity index (χ4n) is 1.47. The lowest BCUT2D eigenvalue weighted by Gasteiger charge is -2.29. The van der Waals surface area contributed by atoms with Crippen LogP contribution >= 0.6 is 0 Å². The Hall–Kier alpha value is -0.290. The first-order valence-corrected chi connectivity index (χ1v) is 5.28.